The Bertz CT molecular complexity index is 978. The summed E-state index contributed by atoms with van der Waals surface area (Å²) in [6.07, 6.45) is -1.13. The minimum absolute atomic E-state index is 0.160. The number of nitrogens with zero attached hydrogens (tertiary/aromatic N) is 1. The summed E-state index contributed by atoms with van der Waals surface area (Å²) in [6.45, 7) is 1.40. The van der Waals surface area contributed by atoms with Gasteiger partial charge >= 0.3 is 5.97 Å². The van der Waals surface area contributed by atoms with Gasteiger partial charge in [0.1, 0.15) is 5.82 Å². The molecule has 0 saturated heterocycles. The molecular weight excluding hydrogens is 391 g/mol. The van der Waals surface area contributed by atoms with Gasteiger partial charge in [0.15, 0.2) is 11.2 Å². The van der Waals surface area contributed by atoms with Gasteiger partial charge in [-0.2, -0.15) is 0 Å². The van der Waals surface area contributed by atoms with Crippen LogP contribution in [0.25, 0.3) is 11.3 Å². The van der Waals surface area contributed by atoms with Gasteiger partial charge in [-0.05, 0) is 25.1 Å². The predicted octanol–water partition coefficient (Wildman–Crippen LogP) is 4.79. The van der Waals surface area contributed by atoms with E-state index in [2.05, 4.69) is 10.3 Å². The van der Waals surface area contributed by atoms with E-state index in [4.69, 9.17) is 16.3 Å². The lowest BCUT2D eigenvalue weighted by molar-refractivity contribution is -0.123. The van der Waals surface area contributed by atoms with Crippen LogP contribution in [0.1, 0.15) is 17.3 Å². The third kappa shape index (κ3) is 4.69. The molecule has 1 N–H and O–H groups in total. The van der Waals surface area contributed by atoms with Gasteiger partial charge in [0, 0.05) is 16.0 Å². The number of carbonyl (C=O) groups excluding carboxylic acids is 2. The number of carbonyl (C=O) groups is 2. The molecule has 0 bridgehead atoms. The molecule has 0 fully saturated rings. The molecular formula is C19H14ClFN2O3S. The number of ether oxygens (including phenoxy) is 1. The number of nitrogens with one attached hydrogen (secondary N) is 1. The van der Waals surface area contributed by atoms with E-state index in [0.717, 1.165) is 17.3 Å². The highest BCUT2D eigenvalue weighted by molar-refractivity contribution is 7.14. The van der Waals surface area contributed by atoms with E-state index >= 15 is 0 Å². The van der Waals surface area contributed by atoms with E-state index in [-0.39, 0.29) is 10.6 Å². The first-order valence-electron chi connectivity index (χ1n) is 7.92. The van der Waals surface area contributed by atoms with Crippen LogP contribution < -0.4 is 5.32 Å². The van der Waals surface area contributed by atoms with Gasteiger partial charge in [0.2, 0.25) is 0 Å². The van der Waals surface area contributed by atoms with E-state index < -0.39 is 23.8 Å². The van der Waals surface area contributed by atoms with Crippen LogP contribution in [0.2, 0.25) is 5.02 Å². The van der Waals surface area contributed by atoms with Crippen LogP contribution in [0.5, 0.6) is 0 Å². The third-order valence-electron chi connectivity index (χ3n) is 3.61. The maximum atomic E-state index is 13.8. The number of amides is 1. The van der Waals surface area contributed by atoms with E-state index in [1.165, 1.54) is 30.4 Å². The minimum atomic E-state index is -1.13. The highest BCUT2D eigenvalue weighted by atomic mass is 35.5. The lowest BCUT2D eigenvalue weighted by Crippen LogP contribution is -2.30. The van der Waals surface area contributed by atoms with E-state index in [1.807, 2.05) is 35.7 Å². The van der Waals surface area contributed by atoms with Crippen molar-refractivity contribution in [1.82, 2.24) is 4.98 Å². The fraction of sp³-hybridized carbons (Fsp3) is 0.105. The molecule has 0 spiro atoms. The smallest absolute Gasteiger partial charge is 0.341 e. The number of benzene rings is 2. The van der Waals surface area contributed by atoms with Crippen molar-refractivity contribution in [1.29, 1.82) is 0 Å². The van der Waals surface area contributed by atoms with E-state index in [9.17, 15) is 14.0 Å². The SMILES string of the molecule is C[C@H](OC(=O)c1ccc(Cl)cc1F)C(=O)Nc1nc(-c2ccccc2)cs1. The first-order chi connectivity index (χ1) is 12.9. The number of aromatic nitrogens is 1. The summed E-state index contributed by atoms with van der Waals surface area (Å²) in [5, 5.41) is 4.93. The van der Waals surface area contributed by atoms with Gasteiger partial charge in [-0.25, -0.2) is 14.2 Å². The minimum Gasteiger partial charge on any atom is -0.449 e. The molecule has 0 aliphatic heterocycles. The Hall–Kier alpha value is -2.77. The summed E-state index contributed by atoms with van der Waals surface area (Å²) < 4.78 is 18.8. The second-order valence-corrected chi connectivity index (χ2v) is 6.86. The fourth-order valence-corrected chi connectivity index (χ4v) is 3.09. The summed E-state index contributed by atoms with van der Waals surface area (Å²) >= 11 is 6.90. The molecule has 27 heavy (non-hydrogen) atoms. The maximum absolute atomic E-state index is 13.8. The van der Waals surface area contributed by atoms with Crippen LogP contribution in [0, 0.1) is 5.82 Å². The van der Waals surface area contributed by atoms with Crippen molar-refractivity contribution in [3.05, 3.63) is 70.3 Å². The van der Waals surface area contributed by atoms with Gasteiger partial charge in [-0.15, -0.1) is 11.3 Å². The molecule has 1 amide bonds. The second-order valence-electron chi connectivity index (χ2n) is 5.56. The van der Waals surface area contributed by atoms with Gasteiger partial charge < -0.3 is 4.74 Å². The number of hydrogen-bond donors (Lipinski definition) is 1. The molecule has 0 aliphatic rings. The Kier molecular flexibility index (Phi) is 5.83. The molecule has 0 radical (unpaired) electrons. The van der Waals surface area contributed by atoms with Gasteiger partial charge in [-0.3, -0.25) is 10.1 Å². The number of hydrogen-bond acceptors (Lipinski definition) is 5. The van der Waals surface area contributed by atoms with Gasteiger partial charge in [-0.1, -0.05) is 41.9 Å². The monoisotopic (exact) mass is 404 g/mol. The molecule has 2 aromatic carbocycles. The van der Waals surface area contributed by atoms with Crippen LogP contribution in [0.15, 0.2) is 53.9 Å². The Morgan fingerprint density at radius 2 is 1.96 bits per heavy atom. The molecule has 3 rings (SSSR count). The number of esters is 1. The van der Waals surface area contributed by atoms with Crippen LogP contribution in [0.4, 0.5) is 9.52 Å². The summed E-state index contributed by atoms with van der Waals surface area (Å²) in [6, 6.07) is 13.1. The average molecular weight is 405 g/mol. The molecule has 1 aromatic heterocycles. The van der Waals surface area contributed by atoms with Gasteiger partial charge in [0.05, 0.1) is 11.3 Å². The first-order valence-corrected chi connectivity index (χ1v) is 9.17. The maximum Gasteiger partial charge on any atom is 0.341 e. The standard InChI is InChI=1S/C19H14ClFN2O3S/c1-11(26-18(25)14-8-7-13(20)9-15(14)21)17(24)23-19-22-16(10-27-19)12-5-3-2-4-6-12/h2-11H,1H3,(H,22,23,24)/t11-/m0/s1. The number of anilines is 1. The van der Waals surface area contributed by atoms with Crippen molar-refractivity contribution in [3.63, 3.8) is 0 Å². The van der Waals surface area contributed by atoms with Crippen molar-refractivity contribution in [3.8, 4) is 11.3 Å². The largest absolute Gasteiger partial charge is 0.449 e. The van der Waals surface area contributed by atoms with Crippen LogP contribution in [-0.4, -0.2) is 23.0 Å². The first kappa shape index (κ1) is 19.0. The van der Waals surface area contributed by atoms with Crippen molar-refractivity contribution in [2.45, 2.75) is 13.0 Å². The lowest BCUT2D eigenvalue weighted by Gasteiger charge is -2.12. The highest BCUT2D eigenvalue weighted by Gasteiger charge is 2.22. The molecule has 1 heterocycles. The quantitative estimate of drug-likeness (QED) is 0.621. The third-order valence-corrected chi connectivity index (χ3v) is 4.60. The molecule has 5 nitrogen and oxygen atoms in total. The Morgan fingerprint density at radius 3 is 2.67 bits per heavy atom. The molecule has 0 saturated carbocycles. The van der Waals surface area contributed by atoms with Crippen LogP contribution in [-0.2, 0) is 9.53 Å². The lowest BCUT2D eigenvalue weighted by atomic mass is 10.2. The summed E-state index contributed by atoms with van der Waals surface area (Å²) in [4.78, 5) is 28.6. The molecule has 138 valence electrons. The average Bonchev–Trinajstić information content (AvgIpc) is 3.10. The van der Waals surface area contributed by atoms with Crippen LogP contribution in [0.3, 0.4) is 0 Å². The number of rotatable bonds is 5. The zero-order chi connectivity index (χ0) is 19.4. The molecule has 0 aliphatic carbocycles. The topological polar surface area (TPSA) is 68.3 Å². The highest BCUT2D eigenvalue weighted by Crippen LogP contribution is 2.25. The molecule has 3 aromatic rings. The van der Waals surface area contributed by atoms with E-state index in [1.54, 1.807) is 0 Å². The fourth-order valence-electron chi connectivity index (χ4n) is 2.21. The van der Waals surface area contributed by atoms with Crippen LogP contribution >= 0.6 is 22.9 Å². The van der Waals surface area contributed by atoms with Crippen molar-refractivity contribution in [2.75, 3.05) is 5.32 Å². The van der Waals surface area contributed by atoms with Crippen molar-refractivity contribution < 1.29 is 18.7 Å². The van der Waals surface area contributed by atoms with Crippen molar-refractivity contribution in [2.24, 2.45) is 0 Å². The van der Waals surface area contributed by atoms with Crippen molar-refractivity contribution >= 4 is 39.9 Å². The summed E-state index contributed by atoms with van der Waals surface area (Å²) in [7, 11) is 0. The Labute approximate surface area is 163 Å². The zero-order valence-corrected chi connectivity index (χ0v) is 15.7. The molecule has 0 unspecified atom stereocenters. The summed E-state index contributed by atoms with van der Waals surface area (Å²) in [5.74, 6) is -2.32. The zero-order valence-electron chi connectivity index (χ0n) is 14.1. The van der Waals surface area contributed by atoms with E-state index in [0.29, 0.717) is 5.13 Å². The van der Waals surface area contributed by atoms with Gasteiger partial charge in [0.25, 0.3) is 5.91 Å². The Morgan fingerprint density at radius 1 is 1.22 bits per heavy atom. The second kappa shape index (κ2) is 8.28. The number of thiazole rings is 1. The molecule has 1 atom stereocenters. The normalized spacial score (nSPS) is 11.7. The number of halogens is 2. The molecule has 8 heteroatoms. The summed E-state index contributed by atoms with van der Waals surface area (Å²) in [5.41, 5.74) is 1.36. The predicted molar refractivity (Wildman–Crippen MR) is 102 cm³/mol. The Balaban J connectivity index is 1.62.